The summed E-state index contributed by atoms with van der Waals surface area (Å²) in [5.41, 5.74) is 2.33. The standard InChI is InChI=1S/C17H24N4O/c1-3-18-17(21-12-13-22-2)20-11-9-15-7-4-6-14-8-5-10-19-16(14)15/h4-8,10H,3,9,11-13H2,1-2H3,(H2,18,20,21). The molecule has 0 aliphatic heterocycles. The zero-order valence-corrected chi connectivity index (χ0v) is 13.3. The van der Waals surface area contributed by atoms with Gasteiger partial charge in [0.25, 0.3) is 0 Å². The lowest BCUT2D eigenvalue weighted by molar-refractivity contribution is 0.208. The molecule has 0 aliphatic rings. The van der Waals surface area contributed by atoms with E-state index in [1.54, 1.807) is 7.11 Å². The second-order valence-corrected chi connectivity index (χ2v) is 4.92. The lowest BCUT2D eigenvalue weighted by atomic mass is 10.1. The molecule has 0 amide bonds. The number of guanidine groups is 1. The van der Waals surface area contributed by atoms with Gasteiger partial charge in [-0.25, -0.2) is 0 Å². The quantitative estimate of drug-likeness (QED) is 0.466. The Kier molecular flexibility index (Phi) is 6.64. The highest BCUT2D eigenvalue weighted by molar-refractivity contribution is 5.82. The maximum absolute atomic E-state index is 5.02. The molecule has 0 atom stereocenters. The maximum Gasteiger partial charge on any atom is 0.191 e. The fraction of sp³-hybridized carbons (Fsp3) is 0.412. The molecule has 0 saturated carbocycles. The minimum atomic E-state index is 0.629. The third-order valence-electron chi connectivity index (χ3n) is 3.31. The van der Waals surface area contributed by atoms with Crippen LogP contribution in [0.3, 0.4) is 0 Å². The summed E-state index contributed by atoms with van der Waals surface area (Å²) in [6.07, 6.45) is 2.75. The van der Waals surface area contributed by atoms with Gasteiger partial charge in [-0.3, -0.25) is 9.98 Å². The van der Waals surface area contributed by atoms with Gasteiger partial charge in [-0.15, -0.1) is 0 Å². The first-order valence-electron chi connectivity index (χ1n) is 7.69. The minimum Gasteiger partial charge on any atom is -0.383 e. The second kappa shape index (κ2) is 9.00. The van der Waals surface area contributed by atoms with E-state index in [4.69, 9.17) is 4.74 Å². The van der Waals surface area contributed by atoms with Crippen LogP contribution in [0.1, 0.15) is 12.5 Å². The van der Waals surface area contributed by atoms with E-state index in [0.717, 1.165) is 31.0 Å². The smallest absolute Gasteiger partial charge is 0.191 e. The average Bonchev–Trinajstić information content (AvgIpc) is 2.55. The van der Waals surface area contributed by atoms with Gasteiger partial charge in [0.2, 0.25) is 0 Å². The molecule has 5 nitrogen and oxygen atoms in total. The van der Waals surface area contributed by atoms with E-state index in [2.05, 4.69) is 51.8 Å². The van der Waals surface area contributed by atoms with Gasteiger partial charge in [0.15, 0.2) is 5.96 Å². The van der Waals surface area contributed by atoms with Gasteiger partial charge in [0.05, 0.1) is 18.7 Å². The van der Waals surface area contributed by atoms with Crippen LogP contribution in [0, 0.1) is 0 Å². The number of benzene rings is 1. The number of nitrogens with one attached hydrogen (secondary N) is 2. The van der Waals surface area contributed by atoms with Crippen LogP contribution in [0.5, 0.6) is 0 Å². The number of methoxy groups -OCH3 is 1. The van der Waals surface area contributed by atoms with Crippen molar-refractivity contribution in [3.8, 4) is 0 Å². The maximum atomic E-state index is 5.02. The Morgan fingerprint density at radius 1 is 1.23 bits per heavy atom. The minimum absolute atomic E-state index is 0.629. The number of rotatable bonds is 7. The summed E-state index contributed by atoms with van der Waals surface area (Å²) in [5, 5.41) is 7.76. The topological polar surface area (TPSA) is 58.5 Å². The molecule has 0 unspecified atom stereocenters. The van der Waals surface area contributed by atoms with Crippen molar-refractivity contribution in [3.05, 3.63) is 42.1 Å². The van der Waals surface area contributed by atoms with Gasteiger partial charge in [-0.2, -0.15) is 0 Å². The number of pyridine rings is 1. The number of nitrogens with zero attached hydrogens (tertiary/aromatic N) is 2. The summed E-state index contributed by atoms with van der Waals surface area (Å²) in [7, 11) is 1.68. The van der Waals surface area contributed by atoms with Crippen LogP contribution in [0.4, 0.5) is 0 Å². The molecule has 0 spiro atoms. The van der Waals surface area contributed by atoms with Crippen molar-refractivity contribution in [2.75, 3.05) is 33.4 Å². The van der Waals surface area contributed by atoms with E-state index < -0.39 is 0 Å². The lowest BCUT2D eigenvalue weighted by Crippen LogP contribution is -2.38. The molecule has 1 aromatic carbocycles. The van der Waals surface area contributed by atoms with E-state index >= 15 is 0 Å². The summed E-state index contributed by atoms with van der Waals surface area (Å²) < 4.78 is 5.02. The molecule has 0 saturated heterocycles. The van der Waals surface area contributed by atoms with E-state index in [1.165, 1.54) is 10.9 Å². The van der Waals surface area contributed by atoms with Gasteiger partial charge >= 0.3 is 0 Å². The van der Waals surface area contributed by atoms with E-state index in [9.17, 15) is 0 Å². The summed E-state index contributed by atoms with van der Waals surface area (Å²) in [4.78, 5) is 8.94. The van der Waals surface area contributed by atoms with Crippen molar-refractivity contribution in [3.63, 3.8) is 0 Å². The summed E-state index contributed by atoms with van der Waals surface area (Å²) in [5.74, 6) is 0.827. The molecule has 5 heteroatoms. The first kappa shape index (κ1) is 16.2. The number of aromatic nitrogens is 1. The monoisotopic (exact) mass is 300 g/mol. The number of para-hydroxylation sites is 1. The predicted octanol–water partition coefficient (Wildman–Crippen LogP) is 1.98. The molecule has 1 aromatic heterocycles. The Bertz CT molecular complexity index is 607. The number of ether oxygens (including phenoxy) is 1. The van der Waals surface area contributed by atoms with E-state index in [-0.39, 0.29) is 0 Å². The Labute approximate surface area is 131 Å². The molecule has 0 aliphatic carbocycles. The molecule has 2 N–H and O–H groups in total. The van der Waals surface area contributed by atoms with Crippen molar-refractivity contribution >= 4 is 16.9 Å². The van der Waals surface area contributed by atoms with E-state index in [0.29, 0.717) is 13.2 Å². The Hall–Kier alpha value is -2.14. The summed E-state index contributed by atoms with van der Waals surface area (Å²) in [6.45, 7) is 5.00. The van der Waals surface area contributed by atoms with Crippen LogP contribution >= 0.6 is 0 Å². The third-order valence-corrected chi connectivity index (χ3v) is 3.31. The first-order chi connectivity index (χ1) is 10.8. The summed E-state index contributed by atoms with van der Waals surface area (Å²) in [6, 6.07) is 10.4. The summed E-state index contributed by atoms with van der Waals surface area (Å²) >= 11 is 0. The molecule has 22 heavy (non-hydrogen) atoms. The van der Waals surface area contributed by atoms with Crippen molar-refractivity contribution < 1.29 is 4.74 Å². The molecule has 2 rings (SSSR count). The van der Waals surface area contributed by atoms with Crippen LogP contribution < -0.4 is 10.6 Å². The van der Waals surface area contributed by atoms with Gasteiger partial charge in [0.1, 0.15) is 0 Å². The normalized spacial score (nSPS) is 11.6. The predicted molar refractivity (Wildman–Crippen MR) is 91.3 cm³/mol. The van der Waals surface area contributed by atoms with E-state index in [1.807, 2.05) is 12.3 Å². The van der Waals surface area contributed by atoms with Crippen molar-refractivity contribution in [2.45, 2.75) is 13.3 Å². The number of aliphatic imine (C=N–C) groups is 1. The van der Waals surface area contributed by atoms with Crippen LogP contribution in [-0.4, -0.2) is 44.3 Å². The molecule has 0 fully saturated rings. The molecule has 0 bridgehead atoms. The Morgan fingerprint density at radius 3 is 2.91 bits per heavy atom. The van der Waals surface area contributed by atoms with Gasteiger partial charge in [0, 0.05) is 31.8 Å². The first-order valence-corrected chi connectivity index (χ1v) is 7.69. The fourth-order valence-electron chi connectivity index (χ4n) is 2.28. The van der Waals surface area contributed by atoms with Gasteiger partial charge in [-0.05, 0) is 25.0 Å². The fourth-order valence-corrected chi connectivity index (χ4v) is 2.28. The molecule has 0 radical (unpaired) electrons. The molecule has 1 heterocycles. The Morgan fingerprint density at radius 2 is 2.09 bits per heavy atom. The van der Waals surface area contributed by atoms with Crippen LogP contribution in [-0.2, 0) is 11.2 Å². The van der Waals surface area contributed by atoms with Crippen molar-refractivity contribution in [2.24, 2.45) is 4.99 Å². The average molecular weight is 300 g/mol. The van der Waals surface area contributed by atoms with Crippen LogP contribution in [0.15, 0.2) is 41.5 Å². The van der Waals surface area contributed by atoms with Crippen LogP contribution in [0.25, 0.3) is 10.9 Å². The molecule has 118 valence electrons. The largest absolute Gasteiger partial charge is 0.383 e. The van der Waals surface area contributed by atoms with Gasteiger partial charge in [-0.1, -0.05) is 24.3 Å². The SMILES string of the molecule is CCNC(=NCCOC)NCCc1cccc2cccnc12. The molecule has 2 aromatic rings. The number of fused-ring (bicyclic) bond motifs is 1. The highest BCUT2D eigenvalue weighted by Gasteiger charge is 2.02. The zero-order valence-electron chi connectivity index (χ0n) is 13.3. The third kappa shape index (κ3) is 4.70. The zero-order chi connectivity index (χ0) is 15.6. The van der Waals surface area contributed by atoms with Crippen molar-refractivity contribution in [1.82, 2.24) is 15.6 Å². The Balaban J connectivity index is 1.94. The number of hydrogen-bond donors (Lipinski definition) is 2. The van der Waals surface area contributed by atoms with Crippen LogP contribution in [0.2, 0.25) is 0 Å². The van der Waals surface area contributed by atoms with Crippen molar-refractivity contribution in [1.29, 1.82) is 0 Å². The van der Waals surface area contributed by atoms with Gasteiger partial charge < -0.3 is 15.4 Å². The number of hydrogen-bond acceptors (Lipinski definition) is 3. The highest BCUT2D eigenvalue weighted by Crippen LogP contribution is 2.15. The lowest BCUT2D eigenvalue weighted by Gasteiger charge is -2.12. The second-order valence-electron chi connectivity index (χ2n) is 4.92. The molecular weight excluding hydrogens is 276 g/mol. The molecular formula is C17H24N4O. The highest BCUT2D eigenvalue weighted by atomic mass is 16.5.